The number of hydrogen-bond acceptors (Lipinski definition) is 2. The zero-order valence-electron chi connectivity index (χ0n) is 12.3. The Kier molecular flexibility index (Phi) is 5.59. The minimum Gasteiger partial charge on any atom is -0.341 e. The van der Waals surface area contributed by atoms with Crippen LogP contribution in [0.1, 0.15) is 19.5 Å². The topological polar surface area (TPSA) is 46.1 Å². The first-order valence-corrected chi connectivity index (χ1v) is 7.76. The number of benzene rings is 1. The molecule has 0 aliphatic rings. The van der Waals surface area contributed by atoms with Crippen molar-refractivity contribution in [3.8, 4) is 0 Å². The highest BCUT2D eigenvalue weighted by molar-refractivity contribution is 9.10. The molecule has 1 heterocycles. The molecule has 0 aliphatic carbocycles. The molecule has 0 aliphatic heterocycles. The largest absolute Gasteiger partial charge is 0.341 e. The average molecular weight is 350 g/mol. The number of amides is 1. The van der Waals surface area contributed by atoms with E-state index in [2.05, 4.69) is 40.4 Å². The van der Waals surface area contributed by atoms with Crippen molar-refractivity contribution in [2.45, 2.75) is 33.0 Å². The zero-order valence-corrected chi connectivity index (χ0v) is 13.9. The van der Waals surface area contributed by atoms with Crippen LogP contribution in [0.15, 0.2) is 47.1 Å². The highest BCUT2D eigenvalue weighted by Crippen LogP contribution is 2.15. The van der Waals surface area contributed by atoms with Crippen molar-refractivity contribution in [2.75, 3.05) is 5.32 Å². The number of hydrogen-bond donors (Lipinski definition) is 2. The first kappa shape index (κ1) is 15.8. The molecule has 1 aromatic carbocycles. The van der Waals surface area contributed by atoms with E-state index in [4.69, 9.17) is 0 Å². The van der Waals surface area contributed by atoms with Gasteiger partial charge in [-0.15, -0.1) is 0 Å². The van der Waals surface area contributed by atoms with Crippen LogP contribution in [0.2, 0.25) is 0 Å². The highest BCUT2D eigenvalue weighted by atomic mass is 79.9. The summed E-state index contributed by atoms with van der Waals surface area (Å²) in [5, 5.41) is 6.26. The van der Waals surface area contributed by atoms with Gasteiger partial charge in [-0.1, -0.05) is 35.8 Å². The lowest BCUT2D eigenvalue weighted by Crippen LogP contribution is -2.25. The predicted molar refractivity (Wildman–Crippen MR) is 89.2 cm³/mol. The second-order valence-electron chi connectivity index (χ2n) is 5.22. The van der Waals surface area contributed by atoms with Gasteiger partial charge in [-0.2, -0.15) is 0 Å². The molecule has 4 nitrogen and oxygen atoms in total. The van der Waals surface area contributed by atoms with Gasteiger partial charge in [0.25, 0.3) is 0 Å². The number of rotatable bonds is 6. The summed E-state index contributed by atoms with van der Waals surface area (Å²) >= 11 is 3.39. The van der Waals surface area contributed by atoms with Crippen LogP contribution in [-0.2, 0) is 17.9 Å². The van der Waals surface area contributed by atoms with Gasteiger partial charge in [0.15, 0.2) is 0 Å². The third-order valence-corrected chi connectivity index (χ3v) is 3.53. The maximum Gasteiger partial charge on any atom is 0.244 e. The quantitative estimate of drug-likeness (QED) is 0.839. The van der Waals surface area contributed by atoms with E-state index < -0.39 is 0 Å². The molecule has 0 bridgehead atoms. The Morgan fingerprint density at radius 2 is 2.10 bits per heavy atom. The average Bonchev–Trinajstić information content (AvgIpc) is 2.83. The summed E-state index contributed by atoms with van der Waals surface area (Å²) in [5.41, 5.74) is 1.90. The smallest absolute Gasteiger partial charge is 0.244 e. The Morgan fingerprint density at radius 1 is 1.29 bits per heavy atom. The number of anilines is 1. The van der Waals surface area contributed by atoms with E-state index in [9.17, 15) is 4.79 Å². The highest BCUT2D eigenvalue weighted by Gasteiger charge is 2.07. The fourth-order valence-corrected chi connectivity index (χ4v) is 2.39. The number of aromatic nitrogens is 1. The molecule has 2 rings (SSSR count). The van der Waals surface area contributed by atoms with Crippen LogP contribution in [0.3, 0.4) is 0 Å². The molecule has 1 aromatic heterocycles. The van der Waals surface area contributed by atoms with Crippen LogP contribution in [-0.4, -0.2) is 16.5 Å². The molecule has 0 radical (unpaired) electrons. The van der Waals surface area contributed by atoms with Gasteiger partial charge in [-0.25, -0.2) is 0 Å². The third kappa shape index (κ3) is 5.02. The SMILES string of the molecule is CC(C)NCc1cccn1CC(=O)Nc1cccc(Br)c1. The van der Waals surface area contributed by atoms with Gasteiger partial charge in [0, 0.05) is 34.6 Å². The van der Waals surface area contributed by atoms with Crippen LogP contribution in [0.25, 0.3) is 0 Å². The van der Waals surface area contributed by atoms with Gasteiger partial charge >= 0.3 is 0 Å². The summed E-state index contributed by atoms with van der Waals surface area (Å²) in [6.07, 6.45) is 1.93. The van der Waals surface area contributed by atoms with E-state index in [0.717, 1.165) is 22.4 Å². The second-order valence-corrected chi connectivity index (χ2v) is 6.14. The summed E-state index contributed by atoms with van der Waals surface area (Å²) in [6.45, 7) is 5.28. The van der Waals surface area contributed by atoms with Crippen molar-refractivity contribution in [1.82, 2.24) is 9.88 Å². The van der Waals surface area contributed by atoms with E-state index in [1.807, 2.05) is 47.2 Å². The van der Waals surface area contributed by atoms with Crippen molar-refractivity contribution >= 4 is 27.5 Å². The van der Waals surface area contributed by atoms with Gasteiger partial charge < -0.3 is 15.2 Å². The predicted octanol–water partition coefficient (Wildman–Crippen LogP) is 3.39. The van der Waals surface area contributed by atoms with Crippen molar-refractivity contribution in [3.05, 3.63) is 52.8 Å². The molecule has 0 saturated heterocycles. The molecule has 0 fully saturated rings. The normalized spacial score (nSPS) is 10.9. The van der Waals surface area contributed by atoms with Crippen LogP contribution < -0.4 is 10.6 Å². The molecule has 0 spiro atoms. The van der Waals surface area contributed by atoms with Crippen molar-refractivity contribution in [2.24, 2.45) is 0 Å². The second kappa shape index (κ2) is 7.43. The molecule has 2 N–H and O–H groups in total. The van der Waals surface area contributed by atoms with Gasteiger partial charge in [0.2, 0.25) is 5.91 Å². The van der Waals surface area contributed by atoms with Crippen molar-refractivity contribution in [1.29, 1.82) is 0 Å². The number of nitrogens with one attached hydrogen (secondary N) is 2. The van der Waals surface area contributed by atoms with Gasteiger partial charge in [0.1, 0.15) is 6.54 Å². The van der Waals surface area contributed by atoms with Crippen LogP contribution in [0.4, 0.5) is 5.69 Å². The maximum absolute atomic E-state index is 12.1. The van der Waals surface area contributed by atoms with Gasteiger partial charge in [0.05, 0.1) is 0 Å². The summed E-state index contributed by atoms with van der Waals surface area (Å²) in [4.78, 5) is 12.1. The number of carbonyl (C=O) groups excluding carboxylic acids is 1. The van der Waals surface area contributed by atoms with Crippen molar-refractivity contribution < 1.29 is 4.79 Å². The molecule has 1 amide bonds. The first-order valence-electron chi connectivity index (χ1n) is 6.97. The molecular weight excluding hydrogens is 330 g/mol. The van der Waals surface area contributed by atoms with Gasteiger partial charge in [-0.05, 0) is 30.3 Å². The van der Waals surface area contributed by atoms with E-state index >= 15 is 0 Å². The molecule has 0 unspecified atom stereocenters. The number of carbonyl (C=O) groups is 1. The Balaban J connectivity index is 1.95. The Bertz CT molecular complexity index is 607. The minimum atomic E-state index is -0.0323. The lowest BCUT2D eigenvalue weighted by atomic mass is 10.3. The Labute approximate surface area is 133 Å². The maximum atomic E-state index is 12.1. The molecule has 0 saturated carbocycles. The summed E-state index contributed by atoms with van der Waals surface area (Å²) in [7, 11) is 0. The fourth-order valence-electron chi connectivity index (χ4n) is 1.99. The Hall–Kier alpha value is -1.59. The third-order valence-electron chi connectivity index (χ3n) is 3.04. The fraction of sp³-hybridized carbons (Fsp3) is 0.312. The number of halogens is 1. The molecule has 21 heavy (non-hydrogen) atoms. The molecule has 5 heteroatoms. The number of nitrogens with zero attached hydrogens (tertiary/aromatic N) is 1. The molecular formula is C16H20BrN3O. The first-order chi connectivity index (χ1) is 10.0. The summed E-state index contributed by atoms with van der Waals surface area (Å²) in [6, 6.07) is 12.0. The standard InChI is InChI=1S/C16H20BrN3O/c1-12(2)18-10-15-7-4-8-20(15)11-16(21)19-14-6-3-5-13(17)9-14/h3-9,12,18H,10-11H2,1-2H3,(H,19,21). The lowest BCUT2D eigenvalue weighted by molar-refractivity contribution is -0.116. The lowest BCUT2D eigenvalue weighted by Gasteiger charge is -2.12. The van der Waals surface area contributed by atoms with Gasteiger partial charge in [-0.3, -0.25) is 4.79 Å². The van der Waals surface area contributed by atoms with E-state index in [1.165, 1.54) is 0 Å². The van der Waals surface area contributed by atoms with E-state index in [-0.39, 0.29) is 5.91 Å². The molecule has 2 aromatic rings. The summed E-state index contributed by atoms with van der Waals surface area (Å²) < 4.78 is 2.91. The van der Waals surface area contributed by atoms with Crippen LogP contribution in [0.5, 0.6) is 0 Å². The molecule has 0 atom stereocenters. The van der Waals surface area contributed by atoms with Crippen molar-refractivity contribution in [3.63, 3.8) is 0 Å². The monoisotopic (exact) mass is 349 g/mol. The van der Waals surface area contributed by atoms with Crippen LogP contribution >= 0.6 is 15.9 Å². The molecule has 112 valence electrons. The van der Waals surface area contributed by atoms with Crippen LogP contribution in [0, 0.1) is 0 Å². The minimum absolute atomic E-state index is 0.0323. The van der Waals surface area contributed by atoms with E-state index in [1.54, 1.807) is 0 Å². The summed E-state index contributed by atoms with van der Waals surface area (Å²) in [5.74, 6) is -0.0323. The Morgan fingerprint density at radius 3 is 2.81 bits per heavy atom. The van der Waals surface area contributed by atoms with E-state index in [0.29, 0.717) is 12.6 Å². The zero-order chi connectivity index (χ0) is 15.2.